The molecule has 0 spiro atoms. The number of pyridine rings is 1. The van der Waals surface area contributed by atoms with E-state index in [-0.39, 0.29) is 5.75 Å². The van der Waals surface area contributed by atoms with Crippen molar-refractivity contribution in [2.75, 3.05) is 0 Å². The van der Waals surface area contributed by atoms with Gasteiger partial charge in [0.2, 0.25) is 11.0 Å². The molecular formula is C21H14F2NO2+. The minimum atomic E-state index is -0.923. The molecule has 4 rings (SSSR count). The van der Waals surface area contributed by atoms with Gasteiger partial charge in [0.1, 0.15) is 12.9 Å². The summed E-state index contributed by atoms with van der Waals surface area (Å²) in [5, 5.41) is 1.39. The fraction of sp³-hybridized carbons (Fsp3) is 0.0476. The molecule has 26 heavy (non-hydrogen) atoms. The van der Waals surface area contributed by atoms with Crippen LogP contribution in [0.1, 0.15) is 10.4 Å². The third-order valence-corrected chi connectivity index (χ3v) is 4.37. The molecule has 0 aliphatic heterocycles. The fourth-order valence-electron chi connectivity index (χ4n) is 3.16. The summed E-state index contributed by atoms with van der Waals surface area (Å²) in [5.41, 5.74) is 2.04. The molecule has 0 aliphatic carbocycles. The van der Waals surface area contributed by atoms with Gasteiger partial charge in [-0.2, -0.15) is 4.57 Å². The molecule has 0 saturated heterocycles. The van der Waals surface area contributed by atoms with Crippen LogP contribution in [0.5, 0.6) is 5.75 Å². The summed E-state index contributed by atoms with van der Waals surface area (Å²) >= 11 is 0. The molecule has 0 bridgehead atoms. The molecule has 0 unspecified atom stereocenters. The Labute approximate surface area is 148 Å². The van der Waals surface area contributed by atoms with Crippen LogP contribution in [0.4, 0.5) is 8.78 Å². The topological polar surface area (TPSA) is 30.2 Å². The zero-order chi connectivity index (χ0) is 18.3. The Morgan fingerprint density at radius 1 is 0.885 bits per heavy atom. The number of hydrogen-bond acceptors (Lipinski definition) is 2. The lowest BCUT2D eigenvalue weighted by molar-refractivity contribution is -0.617. The van der Waals surface area contributed by atoms with Crippen LogP contribution in [0, 0.1) is 11.6 Å². The maximum Gasteiger partial charge on any atom is 0.345 e. The summed E-state index contributed by atoms with van der Waals surface area (Å²) in [6, 6.07) is 17.7. The van der Waals surface area contributed by atoms with Crippen molar-refractivity contribution in [2.45, 2.75) is 0 Å². The highest BCUT2D eigenvalue weighted by atomic mass is 19.1. The summed E-state index contributed by atoms with van der Waals surface area (Å²) in [4.78, 5) is 12.9. The molecule has 1 heterocycles. The number of carbonyl (C=O) groups is 1. The number of fused-ring (bicyclic) bond motifs is 2. The molecule has 0 radical (unpaired) electrons. The van der Waals surface area contributed by atoms with Gasteiger partial charge in [-0.15, -0.1) is 0 Å². The Morgan fingerprint density at radius 3 is 2.04 bits per heavy atom. The molecule has 4 aromatic rings. The molecule has 0 atom stereocenters. The highest BCUT2D eigenvalue weighted by molar-refractivity contribution is 6.13. The average Bonchev–Trinajstić information content (AvgIpc) is 2.64. The van der Waals surface area contributed by atoms with E-state index >= 15 is 0 Å². The average molecular weight is 350 g/mol. The van der Waals surface area contributed by atoms with E-state index in [1.54, 1.807) is 0 Å². The highest BCUT2D eigenvalue weighted by Gasteiger charge is 2.24. The van der Waals surface area contributed by atoms with Crippen molar-refractivity contribution in [3.8, 4) is 5.75 Å². The van der Waals surface area contributed by atoms with Crippen LogP contribution in [-0.4, -0.2) is 5.97 Å². The first-order valence-electron chi connectivity index (χ1n) is 8.03. The van der Waals surface area contributed by atoms with Crippen LogP contribution in [0.15, 0.2) is 66.7 Å². The van der Waals surface area contributed by atoms with Gasteiger partial charge in [-0.05, 0) is 24.3 Å². The summed E-state index contributed by atoms with van der Waals surface area (Å²) < 4.78 is 34.2. The lowest BCUT2D eigenvalue weighted by Gasteiger charge is -2.10. The number of ether oxygens (including phenoxy) is 1. The van der Waals surface area contributed by atoms with Crippen molar-refractivity contribution in [3.63, 3.8) is 0 Å². The second-order valence-corrected chi connectivity index (χ2v) is 5.93. The standard InChI is InChI=1S/C21H14F2NO2/c1-24-17-8-4-2-6-14(17)20(15-7-3-5-9-18(15)24)21(25)26-19-11-10-13(22)12-16(19)23/h2-12H,1H3/q+1. The first kappa shape index (κ1) is 16.1. The van der Waals surface area contributed by atoms with Crippen LogP contribution >= 0.6 is 0 Å². The molecule has 0 fully saturated rings. The van der Waals surface area contributed by atoms with Crippen molar-refractivity contribution >= 4 is 27.8 Å². The number of halogens is 2. The first-order chi connectivity index (χ1) is 12.6. The lowest BCUT2D eigenvalue weighted by Crippen LogP contribution is -2.31. The lowest BCUT2D eigenvalue weighted by atomic mass is 10.0. The Bertz CT molecular complexity index is 1110. The molecule has 5 heteroatoms. The Kier molecular flexibility index (Phi) is 3.84. The van der Waals surface area contributed by atoms with E-state index in [2.05, 4.69) is 0 Å². The normalized spacial score (nSPS) is 11.0. The summed E-state index contributed by atoms with van der Waals surface area (Å²) in [6.07, 6.45) is 0. The largest absolute Gasteiger partial charge is 0.420 e. The summed E-state index contributed by atoms with van der Waals surface area (Å²) in [7, 11) is 1.92. The molecule has 1 aromatic heterocycles. The van der Waals surface area contributed by atoms with E-state index in [9.17, 15) is 13.6 Å². The van der Waals surface area contributed by atoms with Crippen molar-refractivity contribution < 1.29 is 22.9 Å². The summed E-state index contributed by atoms with van der Waals surface area (Å²) in [5.74, 6) is -2.65. The van der Waals surface area contributed by atoms with Crippen LogP contribution in [0.25, 0.3) is 21.8 Å². The number of carbonyl (C=O) groups excluding carboxylic acids is 1. The van der Waals surface area contributed by atoms with Gasteiger partial charge in [-0.3, -0.25) is 0 Å². The predicted octanol–water partition coefficient (Wildman–Crippen LogP) is 4.31. The second-order valence-electron chi connectivity index (χ2n) is 5.93. The van der Waals surface area contributed by atoms with E-state index in [4.69, 9.17) is 4.74 Å². The number of benzene rings is 3. The van der Waals surface area contributed by atoms with Crippen LogP contribution in [0.2, 0.25) is 0 Å². The zero-order valence-corrected chi connectivity index (χ0v) is 13.9. The van der Waals surface area contributed by atoms with E-state index in [1.165, 1.54) is 0 Å². The number of para-hydroxylation sites is 2. The number of aromatic nitrogens is 1. The van der Waals surface area contributed by atoms with Crippen molar-refractivity contribution in [1.29, 1.82) is 0 Å². The van der Waals surface area contributed by atoms with E-state index in [0.29, 0.717) is 22.4 Å². The first-order valence-corrected chi connectivity index (χ1v) is 8.03. The van der Waals surface area contributed by atoms with Crippen LogP contribution < -0.4 is 9.30 Å². The van der Waals surface area contributed by atoms with Crippen molar-refractivity contribution in [1.82, 2.24) is 0 Å². The number of aryl methyl sites for hydroxylation is 1. The van der Waals surface area contributed by atoms with Gasteiger partial charge in [0.25, 0.3) is 0 Å². The Balaban J connectivity index is 1.94. The minimum absolute atomic E-state index is 0.308. The third kappa shape index (κ3) is 2.58. The molecule has 3 aromatic carbocycles. The van der Waals surface area contributed by atoms with E-state index < -0.39 is 17.6 Å². The molecule has 0 N–H and O–H groups in total. The molecule has 0 saturated carbocycles. The Morgan fingerprint density at radius 2 is 1.46 bits per heavy atom. The molecule has 128 valence electrons. The van der Waals surface area contributed by atoms with Gasteiger partial charge < -0.3 is 4.74 Å². The van der Waals surface area contributed by atoms with E-state index in [0.717, 1.165) is 23.2 Å². The quantitative estimate of drug-likeness (QED) is 0.233. The molecular weight excluding hydrogens is 336 g/mol. The number of nitrogens with zero attached hydrogens (tertiary/aromatic N) is 1. The van der Waals surface area contributed by atoms with Crippen molar-refractivity contribution in [3.05, 3.63) is 83.9 Å². The maximum atomic E-state index is 13.9. The number of rotatable bonds is 2. The molecule has 3 nitrogen and oxygen atoms in total. The zero-order valence-electron chi connectivity index (χ0n) is 13.9. The monoisotopic (exact) mass is 350 g/mol. The summed E-state index contributed by atoms with van der Waals surface area (Å²) in [6.45, 7) is 0. The molecule has 0 aliphatic rings. The van der Waals surface area contributed by atoms with Gasteiger partial charge in [0.15, 0.2) is 11.6 Å². The fourth-order valence-corrected chi connectivity index (χ4v) is 3.16. The van der Waals surface area contributed by atoms with Gasteiger partial charge in [0, 0.05) is 18.2 Å². The third-order valence-electron chi connectivity index (χ3n) is 4.37. The number of hydrogen-bond donors (Lipinski definition) is 0. The van der Waals surface area contributed by atoms with E-state index in [1.807, 2.05) is 60.1 Å². The Hall–Kier alpha value is -3.34. The predicted molar refractivity (Wildman–Crippen MR) is 93.9 cm³/mol. The van der Waals surface area contributed by atoms with Crippen LogP contribution in [0.3, 0.4) is 0 Å². The smallest absolute Gasteiger partial charge is 0.345 e. The SMILES string of the molecule is C[n+]1c2ccccc2c(C(=O)Oc2ccc(F)cc2F)c2ccccc21. The highest BCUT2D eigenvalue weighted by Crippen LogP contribution is 2.27. The van der Waals surface area contributed by atoms with Gasteiger partial charge >= 0.3 is 5.97 Å². The van der Waals surface area contributed by atoms with Crippen molar-refractivity contribution in [2.24, 2.45) is 7.05 Å². The maximum absolute atomic E-state index is 13.9. The van der Waals surface area contributed by atoms with Gasteiger partial charge in [0.05, 0.1) is 16.3 Å². The second kappa shape index (κ2) is 6.19. The number of esters is 1. The van der Waals surface area contributed by atoms with Crippen LogP contribution in [-0.2, 0) is 7.05 Å². The molecule has 0 amide bonds. The minimum Gasteiger partial charge on any atom is -0.420 e. The van der Waals surface area contributed by atoms with Gasteiger partial charge in [-0.1, -0.05) is 24.3 Å². The van der Waals surface area contributed by atoms with Gasteiger partial charge in [-0.25, -0.2) is 13.6 Å².